The Morgan fingerprint density at radius 2 is 2.00 bits per heavy atom. The molecule has 0 aromatic carbocycles. The first kappa shape index (κ1) is 11.9. The van der Waals surface area contributed by atoms with Crippen LogP contribution >= 0.6 is 0 Å². The summed E-state index contributed by atoms with van der Waals surface area (Å²) in [4.78, 5) is 0. The molecule has 0 bridgehead atoms. The highest BCUT2D eigenvalue weighted by molar-refractivity contribution is 4.62. The molecule has 0 radical (unpaired) electrons. The number of unbranched alkanes of at least 4 members (excludes halogenated alkanes) is 1. The maximum absolute atomic E-state index is 5.61. The van der Waals surface area contributed by atoms with Crippen LogP contribution in [0.2, 0.25) is 0 Å². The fourth-order valence-electron chi connectivity index (χ4n) is 1.11. The molecule has 0 aliphatic carbocycles. The molecule has 74 valence electrons. The van der Waals surface area contributed by atoms with Gasteiger partial charge in [-0.1, -0.05) is 13.3 Å². The Hall–Kier alpha value is -0.0800. The Morgan fingerprint density at radius 3 is 2.50 bits per heavy atom. The van der Waals surface area contributed by atoms with E-state index in [1.807, 2.05) is 7.05 Å². The smallest absolute Gasteiger partial charge is 0.0561 e. The van der Waals surface area contributed by atoms with Gasteiger partial charge in [-0.05, 0) is 33.7 Å². The van der Waals surface area contributed by atoms with Crippen molar-refractivity contribution in [1.29, 1.82) is 0 Å². The van der Waals surface area contributed by atoms with Gasteiger partial charge in [0.1, 0.15) is 0 Å². The molecule has 0 aliphatic heterocycles. The fourth-order valence-corrected chi connectivity index (χ4v) is 1.11. The van der Waals surface area contributed by atoms with Crippen molar-refractivity contribution in [2.75, 3.05) is 13.7 Å². The Kier molecular flexibility index (Phi) is 7.51. The van der Waals surface area contributed by atoms with E-state index in [9.17, 15) is 0 Å². The van der Waals surface area contributed by atoms with Crippen LogP contribution in [0.15, 0.2) is 0 Å². The summed E-state index contributed by atoms with van der Waals surface area (Å²) in [6.45, 7) is 7.42. The van der Waals surface area contributed by atoms with Crippen molar-refractivity contribution in [3.05, 3.63) is 0 Å². The summed E-state index contributed by atoms with van der Waals surface area (Å²) in [6.07, 6.45) is 3.88. The zero-order valence-corrected chi connectivity index (χ0v) is 8.89. The Balaban J connectivity index is 3.26. The van der Waals surface area contributed by atoms with E-state index < -0.39 is 0 Å². The highest BCUT2D eigenvalue weighted by Crippen LogP contribution is 2.02. The molecule has 0 amide bonds. The molecule has 0 heterocycles. The first-order valence-corrected chi connectivity index (χ1v) is 4.99. The van der Waals surface area contributed by atoms with E-state index in [1.54, 1.807) is 0 Å². The van der Waals surface area contributed by atoms with Gasteiger partial charge in [0.2, 0.25) is 0 Å². The van der Waals surface area contributed by atoms with Crippen molar-refractivity contribution in [2.24, 2.45) is 0 Å². The maximum Gasteiger partial charge on any atom is 0.0561 e. The summed E-state index contributed by atoms with van der Waals surface area (Å²) in [6, 6.07) is 0.557. The molecule has 2 heteroatoms. The van der Waals surface area contributed by atoms with Crippen molar-refractivity contribution in [3.63, 3.8) is 0 Å². The normalized spacial score (nSPS) is 16.0. The molecular formula is C10H23NO. The number of nitrogens with one attached hydrogen (secondary N) is 1. The van der Waals surface area contributed by atoms with E-state index in [-0.39, 0.29) is 0 Å². The SMILES string of the molecule is CCCCOC(C)CC(C)NC. The van der Waals surface area contributed by atoms with Gasteiger partial charge in [0.15, 0.2) is 0 Å². The van der Waals surface area contributed by atoms with Gasteiger partial charge >= 0.3 is 0 Å². The lowest BCUT2D eigenvalue weighted by Crippen LogP contribution is -2.26. The second-order valence-electron chi connectivity index (χ2n) is 3.46. The first-order chi connectivity index (χ1) is 5.70. The molecule has 12 heavy (non-hydrogen) atoms. The summed E-state index contributed by atoms with van der Waals surface area (Å²) in [5, 5.41) is 3.21. The molecule has 2 atom stereocenters. The highest BCUT2D eigenvalue weighted by atomic mass is 16.5. The predicted octanol–water partition coefficient (Wildman–Crippen LogP) is 2.19. The van der Waals surface area contributed by atoms with Crippen molar-refractivity contribution in [1.82, 2.24) is 5.32 Å². The first-order valence-electron chi connectivity index (χ1n) is 4.99. The predicted molar refractivity (Wildman–Crippen MR) is 53.5 cm³/mol. The van der Waals surface area contributed by atoms with Gasteiger partial charge in [0, 0.05) is 12.6 Å². The monoisotopic (exact) mass is 173 g/mol. The second-order valence-corrected chi connectivity index (χ2v) is 3.46. The van der Waals surface area contributed by atoms with Crippen LogP contribution in [0.3, 0.4) is 0 Å². The zero-order valence-electron chi connectivity index (χ0n) is 8.89. The van der Waals surface area contributed by atoms with E-state index in [0.29, 0.717) is 12.1 Å². The molecule has 0 saturated heterocycles. The fraction of sp³-hybridized carbons (Fsp3) is 1.00. The molecule has 0 aliphatic rings. The lowest BCUT2D eigenvalue weighted by Gasteiger charge is -2.17. The minimum absolute atomic E-state index is 0.388. The van der Waals surface area contributed by atoms with Gasteiger partial charge in [-0.3, -0.25) is 0 Å². The molecule has 0 rings (SSSR count). The number of hydrogen-bond acceptors (Lipinski definition) is 2. The van der Waals surface area contributed by atoms with Crippen LogP contribution in [-0.4, -0.2) is 25.8 Å². The minimum Gasteiger partial charge on any atom is -0.378 e. The van der Waals surface area contributed by atoms with E-state index in [0.717, 1.165) is 13.0 Å². The van der Waals surface area contributed by atoms with E-state index in [1.165, 1.54) is 12.8 Å². The standard InChI is InChI=1S/C10H23NO/c1-5-6-7-12-10(3)8-9(2)11-4/h9-11H,5-8H2,1-4H3. The Bertz CT molecular complexity index is 95.8. The van der Waals surface area contributed by atoms with Crippen LogP contribution in [0.5, 0.6) is 0 Å². The summed E-state index contributed by atoms with van der Waals surface area (Å²) in [5.74, 6) is 0. The maximum atomic E-state index is 5.61. The average molecular weight is 173 g/mol. The minimum atomic E-state index is 0.388. The summed E-state index contributed by atoms with van der Waals surface area (Å²) >= 11 is 0. The molecule has 0 saturated carbocycles. The van der Waals surface area contributed by atoms with E-state index in [4.69, 9.17) is 4.74 Å². The third-order valence-corrected chi connectivity index (χ3v) is 2.08. The highest BCUT2D eigenvalue weighted by Gasteiger charge is 2.05. The third kappa shape index (κ3) is 6.62. The molecule has 2 nitrogen and oxygen atoms in total. The number of hydrogen-bond donors (Lipinski definition) is 1. The molecular weight excluding hydrogens is 150 g/mol. The molecule has 1 N–H and O–H groups in total. The van der Waals surface area contributed by atoms with Gasteiger partial charge in [0.25, 0.3) is 0 Å². The van der Waals surface area contributed by atoms with Gasteiger partial charge in [-0.2, -0.15) is 0 Å². The van der Waals surface area contributed by atoms with E-state index >= 15 is 0 Å². The molecule has 0 aromatic rings. The second kappa shape index (κ2) is 7.56. The Labute approximate surface area is 76.7 Å². The number of rotatable bonds is 7. The summed E-state index contributed by atoms with van der Waals surface area (Å²) in [5.41, 5.74) is 0. The quantitative estimate of drug-likeness (QED) is 0.596. The number of ether oxygens (including phenoxy) is 1. The topological polar surface area (TPSA) is 21.3 Å². The van der Waals surface area contributed by atoms with Crippen molar-refractivity contribution in [2.45, 2.75) is 52.2 Å². The molecule has 2 unspecified atom stereocenters. The van der Waals surface area contributed by atoms with Gasteiger partial charge < -0.3 is 10.1 Å². The van der Waals surface area contributed by atoms with Crippen LogP contribution < -0.4 is 5.32 Å². The van der Waals surface area contributed by atoms with Gasteiger partial charge in [-0.15, -0.1) is 0 Å². The molecule has 0 spiro atoms. The van der Waals surface area contributed by atoms with Crippen molar-refractivity contribution < 1.29 is 4.74 Å². The van der Waals surface area contributed by atoms with Crippen LogP contribution in [0, 0.1) is 0 Å². The average Bonchev–Trinajstić information content (AvgIpc) is 2.05. The molecule has 0 aromatic heterocycles. The van der Waals surface area contributed by atoms with Crippen LogP contribution in [0.25, 0.3) is 0 Å². The van der Waals surface area contributed by atoms with Crippen LogP contribution in [0.4, 0.5) is 0 Å². The van der Waals surface area contributed by atoms with Crippen LogP contribution in [-0.2, 0) is 4.74 Å². The van der Waals surface area contributed by atoms with Crippen molar-refractivity contribution in [3.8, 4) is 0 Å². The lowest BCUT2D eigenvalue weighted by atomic mass is 10.1. The Morgan fingerprint density at radius 1 is 1.33 bits per heavy atom. The lowest BCUT2D eigenvalue weighted by molar-refractivity contribution is 0.0529. The largest absolute Gasteiger partial charge is 0.378 e. The zero-order chi connectivity index (χ0) is 9.40. The van der Waals surface area contributed by atoms with E-state index in [2.05, 4.69) is 26.1 Å². The van der Waals surface area contributed by atoms with Crippen molar-refractivity contribution >= 4 is 0 Å². The summed E-state index contributed by atoms with van der Waals surface area (Å²) in [7, 11) is 1.99. The third-order valence-electron chi connectivity index (χ3n) is 2.08. The summed E-state index contributed by atoms with van der Waals surface area (Å²) < 4.78 is 5.61. The van der Waals surface area contributed by atoms with Gasteiger partial charge in [0.05, 0.1) is 6.10 Å². The molecule has 0 fully saturated rings. The van der Waals surface area contributed by atoms with Crippen LogP contribution in [0.1, 0.15) is 40.0 Å². The van der Waals surface area contributed by atoms with Gasteiger partial charge in [-0.25, -0.2) is 0 Å².